The largest absolute Gasteiger partial charge is 0.478 e. The molecule has 0 N–H and O–H groups in total. The van der Waals surface area contributed by atoms with Gasteiger partial charge < -0.3 is 9.64 Å². The molecule has 5 nitrogen and oxygen atoms in total. The average molecular weight is 458 g/mol. The number of hydrogen-bond donors (Lipinski definition) is 0. The van der Waals surface area contributed by atoms with E-state index in [4.69, 9.17) is 16.3 Å². The van der Waals surface area contributed by atoms with E-state index in [-0.39, 0.29) is 47.2 Å². The number of amides is 1. The van der Waals surface area contributed by atoms with Gasteiger partial charge in [0.05, 0.1) is 18.1 Å². The Morgan fingerprint density at radius 1 is 1.20 bits per heavy atom. The summed E-state index contributed by atoms with van der Waals surface area (Å²) in [5.41, 5.74) is 0.0950. The number of ether oxygens (including phenoxy) is 1. The molecule has 1 aliphatic heterocycles. The highest BCUT2D eigenvalue weighted by Crippen LogP contribution is 2.27. The molecule has 2 atom stereocenters. The lowest BCUT2D eigenvalue weighted by molar-refractivity contribution is -0.141. The molecule has 1 saturated heterocycles. The van der Waals surface area contributed by atoms with Crippen LogP contribution in [0.15, 0.2) is 42.5 Å². The van der Waals surface area contributed by atoms with Gasteiger partial charge in [-0.05, 0) is 37.1 Å². The fourth-order valence-corrected chi connectivity index (χ4v) is 5.40. The van der Waals surface area contributed by atoms with E-state index in [1.54, 1.807) is 13.0 Å². The van der Waals surface area contributed by atoms with Crippen molar-refractivity contribution in [3.63, 3.8) is 0 Å². The lowest BCUT2D eigenvalue weighted by Gasteiger charge is -2.32. The van der Waals surface area contributed by atoms with Crippen molar-refractivity contribution in [1.82, 2.24) is 4.90 Å². The molecule has 0 saturated carbocycles. The van der Waals surface area contributed by atoms with Gasteiger partial charge in [0.15, 0.2) is 27.5 Å². The predicted molar refractivity (Wildman–Crippen MR) is 110 cm³/mol. The topological polar surface area (TPSA) is 63.7 Å². The SMILES string of the molecule is CC[C@H](Oc1ccccc1F)C(=O)N(Cc1c(F)cccc1Cl)[C@H]1CCS(=O)(=O)C1. The van der Waals surface area contributed by atoms with Crippen molar-refractivity contribution >= 4 is 27.3 Å². The molecule has 1 heterocycles. The van der Waals surface area contributed by atoms with Crippen LogP contribution >= 0.6 is 11.6 Å². The van der Waals surface area contributed by atoms with Crippen LogP contribution in [-0.4, -0.2) is 42.9 Å². The molecule has 9 heteroatoms. The van der Waals surface area contributed by atoms with Gasteiger partial charge in [-0.2, -0.15) is 0 Å². The standard InChI is InChI=1S/C21H22ClF2NO4S/c1-2-19(29-20-9-4-3-7-18(20)24)21(26)25(14-10-11-30(27,28)13-14)12-15-16(22)6-5-8-17(15)23/h3-9,14,19H,2,10-13H2,1H3/t14-,19-/m0/s1. The Kier molecular flexibility index (Phi) is 6.98. The highest BCUT2D eigenvalue weighted by molar-refractivity contribution is 7.91. The summed E-state index contributed by atoms with van der Waals surface area (Å²) in [5, 5.41) is 0.136. The van der Waals surface area contributed by atoms with Gasteiger partial charge in [0.25, 0.3) is 5.91 Å². The Bertz CT molecular complexity index is 1010. The van der Waals surface area contributed by atoms with E-state index in [9.17, 15) is 22.0 Å². The van der Waals surface area contributed by atoms with Gasteiger partial charge in [-0.3, -0.25) is 4.79 Å². The molecule has 2 aromatic rings. The third-order valence-electron chi connectivity index (χ3n) is 5.07. The number of benzene rings is 2. The maximum Gasteiger partial charge on any atom is 0.264 e. The molecule has 0 aromatic heterocycles. The zero-order chi connectivity index (χ0) is 21.9. The number of hydrogen-bond acceptors (Lipinski definition) is 4. The van der Waals surface area contributed by atoms with E-state index in [0.29, 0.717) is 0 Å². The van der Waals surface area contributed by atoms with Gasteiger partial charge in [-0.1, -0.05) is 36.7 Å². The minimum atomic E-state index is -3.31. The molecule has 0 unspecified atom stereocenters. The number of rotatable bonds is 7. The highest BCUT2D eigenvalue weighted by atomic mass is 35.5. The molecule has 30 heavy (non-hydrogen) atoms. The van der Waals surface area contributed by atoms with Crippen LogP contribution in [-0.2, 0) is 21.2 Å². The molecule has 3 rings (SSSR count). The monoisotopic (exact) mass is 457 g/mol. The second-order valence-corrected chi connectivity index (χ2v) is 9.80. The van der Waals surface area contributed by atoms with Crippen molar-refractivity contribution in [2.24, 2.45) is 0 Å². The van der Waals surface area contributed by atoms with Crippen LogP contribution in [0.1, 0.15) is 25.3 Å². The molecular formula is C21H22ClF2NO4S. The predicted octanol–water partition coefficient (Wildman–Crippen LogP) is 3.99. The summed E-state index contributed by atoms with van der Waals surface area (Å²) >= 11 is 6.13. The Balaban J connectivity index is 1.92. The number of nitrogens with zero attached hydrogens (tertiary/aromatic N) is 1. The lowest BCUT2D eigenvalue weighted by Crippen LogP contribution is -2.47. The Morgan fingerprint density at radius 3 is 2.50 bits per heavy atom. The summed E-state index contributed by atoms with van der Waals surface area (Å²) in [5.74, 6) is -2.11. The van der Waals surface area contributed by atoms with Gasteiger partial charge in [0.1, 0.15) is 5.82 Å². The normalized spacial score (nSPS) is 18.7. The Hall–Kier alpha value is -2.19. The van der Waals surface area contributed by atoms with E-state index in [1.807, 2.05) is 0 Å². The molecular weight excluding hydrogens is 436 g/mol. The number of sulfone groups is 1. The number of carbonyl (C=O) groups is 1. The first-order valence-corrected chi connectivity index (χ1v) is 11.8. The zero-order valence-electron chi connectivity index (χ0n) is 16.4. The molecule has 1 aliphatic rings. The van der Waals surface area contributed by atoms with Crippen LogP contribution in [0.5, 0.6) is 5.75 Å². The van der Waals surface area contributed by atoms with Crippen molar-refractivity contribution in [3.05, 3.63) is 64.7 Å². The van der Waals surface area contributed by atoms with Gasteiger partial charge in [-0.25, -0.2) is 17.2 Å². The number of carbonyl (C=O) groups excluding carboxylic acids is 1. The van der Waals surface area contributed by atoms with Crippen molar-refractivity contribution < 1.29 is 26.7 Å². The summed E-state index contributed by atoms with van der Waals surface area (Å²) in [6.45, 7) is 1.49. The van der Waals surface area contributed by atoms with E-state index in [1.165, 1.54) is 41.3 Å². The molecule has 2 aromatic carbocycles. The quantitative estimate of drug-likeness (QED) is 0.630. The van der Waals surface area contributed by atoms with Crippen molar-refractivity contribution in [2.45, 2.75) is 38.5 Å². The first kappa shape index (κ1) is 22.5. The summed E-state index contributed by atoms with van der Waals surface area (Å²) < 4.78 is 58.0. The fourth-order valence-electron chi connectivity index (χ4n) is 3.45. The Morgan fingerprint density at radius 2 is 1.90 bits per heavy atom. The molecule has 1 amide bonds. The van der Waals surface area contributed by atoms with Crippen molar-refractivity contribution in [3.8, 4) is 5.75 Å². The van der Waals surface area contributed by atoms with Crippen LogP contribution in [0.25, 0.3) is 0 Å². The summed E-state index contributed by atoms with van der Waals surface area (Å²) in [6, 6.07) is 9.23. The second-order valence-electron chi connectivity index (χ2n) is 7.17. The van der Waals surface area contributed by atoms with Crippen molar-refractivity contribution in [1.29, 1.82) is 0 Å². The highest BCUT2D eigenvalue weighted by Gasteiger charge is 2.38. The van der Waals surface area contributed by atoms with Crippen LogP contribution in [0.2, 0.25) is 5.02 Å². The maximum atomic E-state index is 14.4. The molecule has 0 aliphatic carbocycles. The van der Waals surface area contributed by atoms with Gasteiger partial charge in [-0.15, -0.1) is 0 Å². The molecule has 162 valence electrons. The van der Waals surface area contributed by atoms with Gasteiger partial charge in [0.2, 0.25) is 0 Å². The minimum absolute atomic E-state index is 0.0581. The smallest absolute Gasteiger partial charge is 0.264 e. The maximum absolute atomic E-state index is 14.4. The third kappa shape index (κ3) is 5.10. The van der Waals surface area contributed by atoms with Crippen LogP contribution < -0.4 is 4.74 Å². The minimum Gasteiger partial charge on any atom is -0.478 e. The first-order chi connectivity index (χ1) is 14.2. The van der Waals surface area contributed by atoms with Crippen molar-refractivity contribution in [2.75, 3.05) is 11.5 Å². The van der Waals surface area contributed by atoms with Crippen LogP contribution in [0.4, 0.5) is 8.78 Å². The zero-order valence-corrected chi connectivity index (χ0v) is 17.9. The summed E-state index contributed by atoms with van der Waals surface area (Å²) in [6.07, 6.45) is -0.611. The van der Waals surface area contributed by atoms with E-state index < -0.39 is 39.5 Å². The second kappa shape index (κ2) is 9.31. The number of halogens is 3. The average Bonchev–Trinajstić information content (AvgIpc) is 3.06. The van der Waals surface area contributed by atoms with Gasteiger partial charge in [0, 0.05) is 16.6 Å². The Labute approximate surface area is 179 Å². The van der Waals surface area contributed by atoms with E-state index >= 15 is 0 Å². The lowest BCUT2D eigenvalue weighted by atomic mass is 10.1. The molecule has 0 bridgehead atoms. The van der Waals surface area contributed by atoms with Gasteiger partial charge >= 0.3 is 0 Å². The molecule has 0 radical (unpaired) electrons. The number of para-hydroxylation sites is 1. The summed E-state index contributed by atoms with van der Waals surface area (Å²) in [7, 11) is -3.31. The summed E-state index contributed by atoms with van der Waals surface area (Å²) in [4.78, 5) is 14.6. The molecule has 1 fully saturated rings. The van der Waals surface area contributed by atoms with Crippen LogP contribution in [0.3, 0.4) is 0 Å². The van der Waals surface area contributed by atoms with Crippen LogP contribution in [0, 0.1) is 11.6 Å². The van der Waals surface area contributed by atoms with E-state index in [0.717, 1.165) is 0 Å². The third-order valence-corrected chi connectivity index (χ3v) is 7.18. The first-order valence-electron chi connectivity index (χ1n) is 9.57. The fraction of sp³-hybridized carbons (Fsp3) is 0.381. The molecule has 0 spiro atoms. The van der Waals surface area contributed by atoms with E-state index in [2.05, 4.69) is 0 Å².